The van der Waals surface area contributed by atoms with Crippen molar-refractivity contribution in [3.8, 4) is 0 Å². The number of anilines is 2. The third kappa shape index (κ3) is 5.97. The van der Waals surface area contributed by atoms with Gasteiger partial charge >= 0.3 is 0 Å². The maximum Gasteiger partial charge on any atom is 0.269 e. The molecule has 0 unspecified atom stereocenters. The molecule has 1 heterocycles. The smallest absolute Gasteiger partial charge is 0.269 e. The van der Waals surface area contributed by atoms with Gasteiger partial charge in [-0.25, -0.2) is 0 Å². The van der Waals surface area contributed by atoms with Crippen LogP contribution in [0.15, 0.2) is 97.1 Å². The molecular weight excluding hydrogens is 538 g/mol. The molecule has 0 bridgehead atoms. The van der Waals surface area contributed by atoms with Gasteiger partial charge in [-0.1, -0.05) is 55.5 Å². The average Bonchev–Trinajstić information content (AvgIpc) is 3.01. The molecule has 1 aliphatic rings. The molecule has 0 N–H and O–H groups in total. The summed E-state index contributed by atoms with van der Waals surface area (Å²) < 4.78 is 0. The summed E-state index contributed by atoms with van der Waals surface area (Å²) in [6, 6.07) is 27.1. The zero-order valence-electron chi connectivity index (χ0n) is 24.9. The van der Waals surface area contributed by atoms with Crippen molar-refractivity contribution in [3.63, 3.8) is 0 Å². The van der Waals surface area contributed by atoms with E-state index in [4.69, 9.17) is 0 Å². The molecule has 2 atom stereocenters. The summed E-state index contributed by atoms with van der Waals surface area (Å²) in [5.41, 5.74) is 6.95. The molecule has 1 aliphatic heterocycles. The minimum Gasteiger partial charge on any atom is -0.305 e. The highest BCUT2D eigenvalue weighted by Gasteiger charge is 2.39. The number of carbonyl (C=O) groups is 2. The van der Waals surface area contributed by atoms with E-state index in [1.54, 1.807) is 18.2 Å². The molecule has 0 spiro atoms. The first kappa shape index (κ1) is 29.5. The highest BCUT2D eigenvalue weighted by Crippen LogP contribution is 2.45. The van der Waals surface area contributed by atoms with Crippen LogP contribution in [0.5, 0.6) is 0 Å². The Kier molecular flexibility index (Phi) is 8.53. The minimum absolute atomic E-state index is 0.00593. The molecule has 2 amide bonds. The van der Waals surface area contributed by atoms with Crippen LogP contribution in [0.3, 0.4) is 0 Å². The number of fused-ring (bicyclic) bond motifs is 1. The Morgan fingerprint density at radius 1 is 0.930 bits per heavy atom. The third-order valence-electron chi connectivity index (χ3n) is 8.15. The molecular formula is C36H35N3O4. The van der Waals surface area contributed by atoms with E-state index in [1.165, 1.54) is 23.8 Å². The number of non-ortho nitro benzene ring substituents is 1. The van der Waals surface area contributed by atoms with Gasteiger partial charge in [0.15, 0.2) is 0 Å². The van der Waals surface area contributed by atoms with Gasteiger partial charge in [-0.05, 0) is 97.8 Å². The Morgan fingerprint density at radius 3 is 2.26 bits per heavy atom. The highest BCUT2D eigenvalue weighted by atomic mass is 16.6. The quantitative estimate of drug-likeness (QED) is 0.127. The van der Waals surface area contributed by atoms with E-state index < -0.39 is 4.92 Å². The van der Waals surface area contributed by atoms with E-state index in [0.29, 0.717) is 17.5 Å². The molecule has 0 aliphatic carbocycles. The van der Waals surface area contributed by atoms with Crippen molar-refractivity contribution in [2.24, 2.45) is 0 Å². The number of hydrogen-bond donors (Lipinski definition) is 0. The largest absolute Gasteiger partial charge is 0.305 e. The summed E-state index contributed by atoms with van der Waals surface area (Å²) in [5.74, 6) is -0.275. The second-order valence-electron chi connectivity index (χ2n) is 11.0. The number of nitro benzene ring substituents is 1. The molecule has 5 rings (SSSR count). The summed E-state index contributed by atoms with van der Waals surface area (Å²) in [6.45, 7) is 8.11. The van der Waals surface area contributed by atoms with Gasteiger partial charge in [-0.2, -0.15) is 0 Å². The number of nitro groups is 1. The predicted molar refractivity (Wildman–Crippen MR) is 171 cm³/mol. The van der Waals surface area contributed by atoms with Crippen LogP contribution in [0.2, 0.25) is 0 Å². The van der Waals surface area contributed by atoms with E-state index in [-0.39, 0.29) is 29.6 Å². The van der Waals surface area contributed by atoms with Gasteiger partial charge < -0.3 is 9.80 Å². The number of para-hydroxylation sites is 2. The Hall–Kier alpha value is -5.04. The predicted octanol–water partition coefficient (Wildman–Crippen LogP) is 8.00. The number of carbonyl (C=O) groups excluding carboxylic acids is 2. The number of aryl methyl sites for hydroxylation is 3. The van der Waals surface area contributed by atoms with Gasteiger partial charge in [0.05, 0.1) is 16.7 Å². The summed E-state index contributed by atoms with van der Waals surface area (Å²) in [6.07, 6.45) is 4.64. The molecule has 7 nitrogen and oxygen atoms in total. The zero-order chi connectivity index (χ0) is 30.7. The number of benzene rings is 4. The number of amides is 2. The van der Waals surface area contributed by atoms with Crippen LogP contribution in [0.4, 0.5) is 17.1 Å². The van der Waals surface area contributed by atoms with Crippen LogP contribution in [0, 0.1) is 24.0 Å². The van der Waals surface area contributed by atoms with Crippen LogP contribution in [0.1, 0.15) is 64.5 Å². The van der Waals surface area contributed by atoms with Gasteiger partial charge in [0, 0.05) is 35.5 Å². The van der Waals surface area contributed by atoms with Crippen molar-refractivity contribution in [2.75, 3.05) is 9.80 Å². The van der Waals surface area contributed by atoms with Gasteiger partial charge in [0.1, 0.15) is 0 Å². The van der Waals surface area contributed by atoms with Crippen LogP contribution in [-0.2, 0) is 11.2 Å². The third-order valence-corrected chi connectivity index (χ3v) is 8.15. The number of rotatable bonds is 7. The van der Waals surface area contributed by atoms with Crippen molar-refractivity contribution >= 4 is 35.0 Å². The Balaban J connectivity index is 1.56. The fourth-order valence-electron chi connectivity index (χ4n) is 5.85. The van der Waals surface area contributed by atoms with Gasteiger partial charge in [0.2, 0.25) is 0 Å². The summed E-state index contributed by atoms with van der Waals surface area (Å²) >= 11 is 0. The second kappa shape index (κ2) is 12.4. The minimum atomic E-state index is -0.448. The van der Waals surface area contributed by atoms with Crippen molar-refractivity contribution in [1.82, 2.24) is 0 Å². The molecule has 43 heavy (non-hydrogen) atoms. The lowest BCUT2D eigenvalue weighted by Crippen LogP contribution is -2.48. The van der Waals surface area contributed by atoms with E-state index in [9.17, 15) is 19.7 Å². The van der Waals surface area contributed by atoms with Crippen LogP contribution < -0.4 is 9.80 Å². The van der Waals surface area contributed by atoms with E-state index in [0.717, 1.165) is 34.5 Å². The van der Waals surface area contributed by atoms with E-state index in [2.05, 4.69) is 6.92 Å². The Labute approximate surface area is 252 Å². The SMILES string of the molecule is CCc1ccc(C(=O)N2c3c(C)cccc3[C@H](N(C(=O)/C=C/c3ccc([N+](=O)[O-])cc3)c3ccccc3C)C[C@@H]2C)cc1. The molecule has 218 valence electrons. The first-order valence-corrected chi connectivity index (χ1v) is 14.5. The van der Waals surface area contributed by atoms with Crippen LogP contribution in [-0.4, -0.2) is 22.8 Å². The lowest BCUT2D eigenvalue weighted by molar-refractivity contribution is -0.384. The average molecular weight is 574 g/mol. The molecule has 0 saturated carbocycles. The maximum absolute atomic E-state index is 14.1. The lowest BCUT2D eigenvalue weighted by atomic mass is 9.87. The maximum atomic E-state index is 14.1. The Bertz CT molecular complexity index is 1690. The summed E-state index contributed by atoms with van der Waals surface area (Å²) in [5, 5.41) is 11.1. The number of nitrogens with zero attached hydrogens (tertiary/aromatic N) is 3. The Morgan fingerprint density at radius 2 is 1.60 bits per heavy atom. The van der Waals surface area contributed by atoms with Gasteiger partial charge in [0.25, 0.3) is 17.5 Å². The topological polar surface area (TPSA) is 83.8 Å². The first-order chi connectivity index (χ1) is 20.7. The number of hydrogen-bond acceptors (Lipinski definition) is 4. The highest BCUT2D eigenvalue weighted by molar-refractivity contribution is 6.09. The fourth-order valence-corrected chi connectivity index (χ4v) is 5.85. The standard InChI is InChI=1S/C36H35N3O4/c1-5-27-13-18-29(19-14-27)36(41)37-26(4)23-33(31-11-8-10-25(3)35(31)37)38(32-12-7-6-9-24(32)2)34(40)22-17-28-15-20-30(21-16-28)39(42)43/h6-22,26,33H,5,23H2,1-4H3/b22-17+/t26-,33+/m0/s1. The zero-order valence-corrected chi connectivity index (χ0v) is 24.9. The monoisotopic (exact) mass is 573 g/mol. The van der Waals surface area contributed by atoms with Crippen LogP contribution in [0.25, 0.3) is 6.08 Å². The van der Waals surface area contributed by atoms with Gasteiger partial charge in [-0.3, -0.25) is 19.7 Å². The van der Waals surface area contributed by atoms with Crippen molar-refractivity contribution < 1.29 is 14.5 Å². The van der Waals surface area contributed by atoms with Gasteiger partial charge in [-0.15, -0.1) is 0 Å². The van der Waals surface area contributed by atoms with E-state index >= 15 is 0 Å². The summed E-state index contributed by atoms with van der Waals surface area (Å²) in [4.78, 5) is 42.4. The molecule has 7 heteroatoms. The normalized spacial score (nSPS) is 16.1. The second-order valence-corrected chi connectivity index (χ2v) is 11.0. The fraction of sp³-hybridized carbons (Fsp3) is 0.222. The first-order valence-electron chi connectivity index (χ1n) is 14.5. The van der Waals surface area contributed by atoms with Crippen LogP contribution >= 0.6 is 0 Å². The molecule has 0 radical (unpaired) electrons. The lowest BCUT2D eigenvalue weighted by Gasteiger charge is -2.44. The molecule has 4 aromatic carbocycles. The molecule has 0 fully saturated rings. The molecule has 0 saturated heterocycles. The summed E-state index contributed by atoms with van der Waals surface area (Å²) in [7, 11) is 0. The van der Waals surface area contributed by atoms with Crippen molar-refractivity contribution in [2.45, 2.75) is 52.6 Å². The van der Waals surface area contributed by atoms with Crippen molar-refractivity contribution in [1.29, 1.82) is 0 Å². The molecule has 4 aromatic rings. The van der Waals surface area contributed by atoms with Crippen molar-refractivity contribution in [3.05, 3.63) is 141 Å². The van der Waals surface area contributed by atoms with E-state index in [1.807, 2.05) is 97.3 Å². The molecule has 0 aromatic heterocycles.